The molecule has 7 nitrogen and oxygen atoms in total. The van der Waals surface area contributed by atoms with Gasteiger partial charge in [-0.2, -0.15) is 0 Å². The summed E-state index contributed by atoms with van der Waals surface area (Å²) in [6, 6.07) is 5.19. The summed E-state index contributed by atoms with van der Waals surface area (Å²) in [6.07, 6.45) is 0.884. The molecule has 1 aromatic carbocycles. The van der Waals surface area contributed by atoms with Crippen molar-refractivity contribution in [3.8, 4) is 0 Å². The second kappa shape index (κ2) is 6.37. The maximum atomic E-state index is 12.3. The second-order valence-corrected chi connectivity index (χ2v) is 5.53. The molecule has 0 bridgehead atoms. The molecule has 0 unspecified atom stereocenters. The number of hydrogen-bond donors (Lipinski definition) is 0. The van der Waals surface area contributed by atoms with Crippen molar-refractivity contribution in [2.24, 2.45) is 0 Å². The normalized spacial score (nSPS) is 11.1. The van der Waals surface area contributed by atoms with E-state index in [-0.39, 0.29) is 12.4 Å². The molecule has 0 N–H and O–H groups in total. The van der Waals surface area contributed by atoms with Crippen LogP contribution in [0, 0.1) is 6.92 Å². The SMILES string of the molecule is CCCn1nnnc1COC(=O)c1oc2ccc(Cl)cc2c1C. The third kappa shape index (κ3) is 3.05. The van der Waals surface area contributed by atoms with Gasteiger partial charge >= 0.3 is 5.97 Å². The Morgan fingerprint density at radius 1 is 1.43 bits per heavy atom. The number of ether oxygens (including phenoxy) is 1. The highest BCUT2D eigenvalue weighted by Gasteiger charge is 2.20. The van der Waals surface area contributed by atoms with E-state index in [1.165, 1.54) is 0 Å². The average Bonchev–Trinajstić information content (AvgIpc) is 3.11. The Balaban J connectivity index is 1.78. The van der Waals surface area contributed by atoms with Crippen LogP contribution in [0.1, 0.15) is 35.3 Å². The number of aromatic nitrogens is 4. The molecule has 0 saturated carbocycles. The summed E-state index contributed by atoms with van der Waals surface area (Å²) >= 11 is 5.97. The van der Waals surface area contributed by atoms with Gasteiger partial charge in [-0.05, 0) is 42.0 Å². The number of carbonyl (C=O) groups is 1. The quantitative estimate of drug-likeness (QED) is 0.666. The Kier molecular flexibility index (Phi) is 4.29. The number of hydrogen-bond acceptors (Lipinski definition) is 6. The van der Waals surface area contributed by atoms with Gasteiger partial charge in [0.05, 0.1) is 0 Å². The van der Waals surface area contributed by atoms with Crippen molar-refractivity contribution in [2.45, 2.75) is 33.4 Å². The monoisotopic (exact) mass is 334 g/mol. The molecule has 3 aromatic rings. The Bertz CT molecular complexity index is 856. The van der Waals surface area contributed by atoms with Crippen LogP contribution in [0.15, 0.2) is 22.6 Å². The van der Waals surface area contributed by atoms with Crippen molar-refractivity contribution in [1.29, 1.82) is 0 Å². The van der Waals surface area contributed by atoms with Gasteiger partial charge in [0, 0.05) is 22.5 Å². The number of aryl methyl sites for hydroxylation is 2. The van der Waals surface area contributed by atoms with Crippen LogP contribution >= 0.6 is 11.6 Å². The summed E-state index contributed by atoms with van der Waals surface area (Å²) in [6.45, 7) is 4.46. The number of esters is 1. The van der Waals surface area contributed by atoms with Gasteiger partial charge in [0.25, 0.3) is 0 Å². The summed E-state index contributed by atoms with van der Waals surface area (Å²) in [7, 11) is 0. The largest absolute Gasteiger partial charge is 0.452 e. The van der Waals surface area contributed by atoms with Crippen LogP contribution in [-0.4, -0.2) is 26.2 Å². The van der Waals surface area contributed by atoms with Gasteiger partial charge in [-0.1, -0.05) is 18.5 Å². The first-order valence-electron chi connectivity index (χ1n) is 7.21. The fourth-order valence-electron chi connectivity index (χ4n) is 2.30. The Morgan fingerprint density at radius 3 is 3.04 bits per heavy atom. The predicted molar refractivity (Wildman–Crippen MR) is 83.2 cm³/mol. The number of fused-ring (bicyclic) bond motifs is 1. The molecule has 120 valence electrons. The van der Waals surface area contributed by atoms with E-state index < -0.39 is 5.97 Å². The van der Waals surface area contributed by atoms with Gasteiger partial charge in [0.15, 0.2) is 12.4 Å². The van der Waals surface area contributed by atoms with Gasteiger partial charge < -0.3 is 9.15 Å². The molecule has 0 aliphatic carbocycles. The first-order valence-corrected chi connectivity index (χ1v) is 7.58. The molecule has 0 spiro atoms. The number of rotatable bonds is 5. The molecule has 0 saturated heterocycles. The van der Waals surface area contributed by atoms with Crippen molar-refractivity contribution in [3.05, 3.63) is 40.4 Å². The van der Waals surface area contributed by atoms with E-state index in [1.54, 1.807) is 29.8 Å². The van der Waals surface area contributed by atoms with Crippen LogP contribution in [0.2, 0.25) is 5.02 Å². The third-order valence-electron chi connectivity index (χ3n) is 3.46. The maximum absolute atomic E-state index is 12.3. The summed E-state index contributed by atoms with van der Waals surface area (Å²) in [5.41, 5.74) is 1.29. The van der Waals surface area contributed by atoms with Crippen LogP contribution in [0.4, 0.5) is 0 Å². The lowest BCUT2D eigenvalue weighted by molar-refractivity contribution is 0.0421. The van der Waals surface area contributed by atoms with Gasteiger partial charge in [-0.25, -0.2) is 9.48 Å². The minimum Gasteiger partial charge on any atom is -0.452 e. The Morgan fingerprint density at radius 2 is 2.26 bits per heavy atom. The number of halogens is 1. The summed E-state index contributed by atoms with van der Waals surface area (Å²) in [5, 5.41) is 12.7. The highest BCUT2D eigenvalue weighted by Crippen LogP contribution is 2.28. The van der Waals surface area contributed by atoms with E-state index in [0.717, 1.165) is 11.8 Å². The molecule has 3 rings (SSSR count). The average molecular weight is 335 g/mol. The number of furan rings is 1. The molecule has 2 aromatic heterocycles. The van der Waals surface area contributed by atoms with Gasteiger partial charge in [-0.3, -0.25) is 0 Å². The number of carbonyl (C=O) groups excluding carboxylic acids is 1. The first kappa shape index (κ1) is 15.5. The van der Waals surface area contributed by atoms with Crippen molar-refractivity contribution in [3.63, 3.8) is 0 Å². The summed E-state index contributed by atoms with van der Waals surface area (Å²) < 4.78 is 12.5. The molecular weight excluding hydrogens is 320 g/mol. The van der Waals surface area contributed by atoms with Crippen LogP contribution in [0.25, 0.3) is 11.0 Å². The lowest BCUT2D eigenvalue weighted by atomic mass is 10.1. The highest BCUT2D eigenvalue weighted by molar-refractivity contribution is 6.31. The number of tetrazole rings is 1. The molecule has 0 aliphatic rings. The smallest absolute Gasteiger partial charge is 0.375 e. The second-order valence-electron chi connectivity index (χ2n) is 5.09. The van der Waals surface area contributed by atoms with E-state index in [0.29, 0.717) is 28.5 Å². The Labute approximate surface area is 137 Å². The van der Waals surface area contributed by atoms with E-state index in [2.05, 4.69) is 15.5 Å². The van der Waals surface area contributed by atoms with Crippen LogP contribution in [0.5, 0.6) is 0 Å². The molecule has 23 heavy (non-hydrogen) atoms. The predicted octanol–water partition coefficient (Wildman–Crippen LogP) is 3.15. The molecule has 0 amide bonds. The molecule has 0 atom stereocenters. The lowest BCUT2D eigenvalue weighted by Gasteiger charge is -2.04. The standard InChI is InChI=1S/C15H15ClN4O3/c1-3-6-20-13(17-18-19-20)8-22-15(21)14-9(2)11-7-10(16)4-5-12(11)23-14/h4-5,7H,3,6,8H2,1-2H3. The van der Waals surface area contributed by atoms with E-state index in [1.807, 2.05) is 6.92 Å². The lowest BCUT2D eigenvalue weighted by Crippen LogP contribution is -2.11. The highest BCUT2D eigenvalue weighted by atomic mass is 35.5. The van der Waals surface area contributed by atoms with Gasteiger partial charge in [-0.15, -0.1) is 5.10 Å². The Hall–Kier alpha value is -2.41. The number of benzene rings is 1. The van der Waals surface area contributed by atoms with Crippen molar-refractivity contribution < 1.29 is 13.9 Å². The van der Waals surface area contributed by atoms with Gasteiger partial charge in [0.2, 0.25) is 5.76 Å². The summed E-state index contributed by atoms with van der Waals surface area (Å²) in [5.74, 6) is 0.106. The molecule has 0 fully saturated rings. The molecular formula is C15H15ClN4O3. The topological polar surface area (TPSA) is 83.0 Å². The fraction of sp³-hybridized carbons (Fsp3) is 0.333. The summed E-state index contributed by atoms with van der Waals surface area (Å²) in [4.78, 5) is 12.3. The van der Waals surface area contributed by atoms with E-state index in [4.69, 9.17) is 20.8 Å². The number of nitrogens with zero attached hydrogens (tertiary/aromatic N) is 4. The zero-order valence-electron chi connectivity index (χ0n) is 12.7. The molecule has 0 radical (unpaired) electrons. The zero-order valence-corrected chi connectivity index (χ0v) is 13.5. The molecule has 0 aliphatic heterocycles. The third-order valence-corrected chi connectivity index (χ3v) is 3.69. The van der Waals surface area contributed by atoms with Crippen molar-refractivity contribution in [1.82, 2.24) is 20.2 Å². The van der Waals surface area contributed by atoms with Gasteiger partial charge in [0.1, 0.15) is 5.58 Å². The van der Waals surface area contributed by atoms with Crippen LogP contribution < -0.4 is 0 Å². The van der Waals surface area contributed by atoms with Crippen molar-refractivity contribution >= 4 is 28.5 Å². The van der Waals surface area contributed by atoms with Crippen molar-refractivity contribution in [2.75, 3.05) is 0 Å². The fourth-order valence-corrected chi connectivity index (χ4v) is 2.47. The van der Waals surface area contributed by atoms with Crippen LogP contribution in [-0.2, 0) is 17.9 Å². The minimum absolute atomic E-state index is 0.0108. The van der Waals surface area contributed by atoms with E-state index >= 15 is 0 Å². The minimum atomic E-state index is -0.555. The van der Waals surface area contributed by atoms with E-state index in [9.17, 15) is 4.79 Å². The van der Waals surface area contributed by atoms with Crippen LogP contribution in [0.3, 0.4) is 0 Å². The molecule has 2 heterocycles. The maximum Gasteiger partial charge on any atom is 0.375 e. The zero-order chi connectivity index (χ0) is 16.4. The first-order chi connectivity index (χ1) is 11.1. The molecule has 8 heteroatoms.